The van der Waals surface area contributed by atoms with Crippen LogP contribution in [-0.4, -0.2) is 28.7 Å². The van der Waals surface area contributed by atoms with Crippen LogP contribution in [0.3, 0.4) is 0 Å². The molecule has 0 radical (unpaired) electrons. The first-order chi connectivity index (χ1) is 13.0. The van der Waals surface area contributed by atoms with Gasteiger partial charge in [-0.1, -0.05) is 18.5 Å². The van der Waals surface area contributed by atoms with Crippen LogP contribution in [0, 0.1) is 0 Å². The molecule has 0 spiro atoms. The minimum Gasteiger partial charge on any atom is -0.325 e. The predicted octanol–water partition coefficient (Wildman–Crippen LogP) is 5.38. The summed E-state index contributed by atoms with van der Waals surface area (Å²) < 4.78 is 67.7. The molecule has 0 N–H and O–H groups in total. The van der Waals surface area contributed by atoms with E-state index in [0.29, 0.717) is 24.1 Å². The Morgan fingerprint density at radius 3 is 2.61 bits per heavy atom. The van der Waals surface area contributed by atoms with E-state index in [1.54, 1.807) is 17.7 Å². The van der Waals surface area contributed by atoms with Crippen LogP contribution in [-0.2, 0) is 23.1 Å². The van der Waals surface area contributed by atoms with E-state index >= 15 is 0 Å². The summed E-state index contributed by atoms with van der Waals surface area (Å²) >= 11 is 8.39. The molecular weight excluding hydrogens is 455 g/mol. The molecule has 4 heterocycles. The van der Waals surface area contributed by atoms with Crippen LogP contribution < -0.4 is 0 Å². The largest absolute Gasteiger partial charge is 0.433 e. The summed E-state index contributed by atoms with van der Waals surface area (Å²) in [7, 11) is -2.01. The van der Waals surface area contributed by atoms with Gasteiger partial charge in [0.15, 0.2) is 15.7 Å². The summed E-state index contributed by atoms with van der Waals surface area (Å²) in [5.74, 6) is 0.151. The Morgan fingerprint density at radius 2 is 1.96 bits per heavy atom. The minimum atomic E-state index is -4.59. The van der Waals surface area contributed by atoms with Gasteiger partial charge in [0, 0.05) is 11.7 Å². The maximum atomic E-state index is 13.0. The standard InChI is InChI=1S/C16H11ClF3N3O2S3/c1-3-28(24,25)14-12-9(5-11(17)27-12)26-13(14)15-22-7-4-10(16(18,19)20)21-6-8(7)23(15)2/h4-6H,3H2,1-2H3. The topological polar surface area (TPSA) is 64.8 Å². The van der Waals surface area contributed by atoms with Crippen LogP contribution in [0.25, 0.3) is 31.1 Å². The summed E-state index contributed by atoms with van der Waals surface area (Å²) in [5.41, 5.74) is -0.586. The molecule has 0 atom stereocenters. The molecule has 0 aliphatic heterocycles. The van der Waals surface area contributed by atoms with Crippen LogP contribution in [0.5, 0.6) is 0 Å². The molecule has 0 aliphatic rings. The Hall–Kier alpha value is -1.69. The molecular formula is C16H11ClF3N3O2S3. The van der Waals surface area contributed by atoms with Gasteiger partial charge in [-0.2, -0.15) is 13.2 Å². The van der Waals surface area contributed by atoms with E-state index in [-0.39, 0.29) is 22.0 Å². The first kappa shape index (κ1) is 19.6. The second kappa shape index (κ2) is 6.41. The number of nitrogens with zero attached hydrogens (tertiary/aromatic N) is 3. The van der Waals surface area contributed by atoms with Gasteiger partial charge in [0.05, 0.1) is 36.9 Å². The molecule has 0 bridgehead atoms. The molecule has 0 fully saturated rings. The number of halogens is 4. The van der Waals surface area contributed by atoms with Gasteiger partial charge in [-0.15, -0.1) is 22.7 Å². The summed E-state index contributed by atoms with van der Waals surface area (Å²) in [4.78, 5) is 8.27. The van der Waals surface area contributed by atoms with E-state index in [1.165, 1.54) is 18.3 Å². The van der Waals surface area contributed by atoms with Gasteiger partial charge in [0.1, 0.15) is 10.6 Å². The number of thiophene rings is 2. The number of fused-ring (bicyclic) bond motifs is 2. The number of pyridine rings is 1. The fourth-order valence-corrected chi connectivity index (χ4v) is 7.57. The van der Waals surface area contributed by atoms with Crippen LogP contribution in [0.2, 0.25) is 4.34 Å². The van der Waals surface area contributed by atoms with Gasteiger partial charge in [-0.25, -0.2) is 18.4 Å². The normalized spacial score (nSPS) is 13.1. The van der Waals surface area contributed by atoms with Gasteiger partial charge in [0.2, 0.25) is 0 Å². The number of hydrogen-bond donors (Lipinski definition) is 0. The fourth-order valence-electron chi connectivity index (χ4n) is 2.86. The van der Waals surface area contributed by atoms with Crippen molar-refractivity contribution in [2.24, 2.45) is 7.05 Å². The molecule has 28 heavy (non-hydrogen) atoms. The highest BCUT2D eigenvalue weighted by atomic mass is 35.5. The lowest BCUT2D eigenvalue weighted by molar-refractivity contribution is -0.141. The third kappa shape index (κ3) is 3.00. The lowest BCUT2D eigenvalue weighted by Crippen LogP contribution is -2.07. The van der Waals surface area contributed by atoms with Gasteiger partial charge in [-0.3, -0.25) is 0 Å². The Balaban J connectivity index is 2.03. The summed E-state index contributed by atoms with van der Waals surface area (Å²) in [5, 5.41) is 0. The van der Waals surface area contributed by atoms with Crippen molar-refractivity contribution in [2.75, 3.05) is 5.75 Å². The zero-order chi connectivity index (χ0) is 20.4. The molecule has 0 aliphatic carbocycles. The van der Waals surface area contributed by atoms with Crippen molar-refractivity contribution in [1.29, 1.82) is 0 Å². The molecule has 0 amide bonds. The van der Waals surface area contributed by atoms with E-state index in [0.717, 1.165) is 23.6 Å². The first-order valence-electron chi connectivity index (χ1n) is 7.87. The number of imidazole rings is 1. The van der Waals surface area contributed by atoms with Gasteiger partial charge < -0.3 is 4.57 Å². The molecule has 148 valence electrons. The monoisotopic (exact) mass is 465 g/mol. The van der Waals surface area contributed by atoms with Gasteiger partial charge in [-0.05, 0) is 12.1 Å². The SMILES string of the molecule is CCS(=O)(=O)c1c(-c2nc3cc(C(F)(F)F)ncc3n2C)sc2cc(Cl)sc12. The number of sulfone groups is 1. The minimum absolute atomic E-state index is 0.0921. The molecule has 12 heteroatoms. The van der Waals surface area contributed by atoms with Crippen LogP contribution in [0.4, 0.5) is 13.2 Å². The lowest BCUT2D eigenvalue weighted by atomic mass is 10.3. The summed E-state index contributed by atoms with van der Waals surface area (Å²) in [6, 6.07) is 2.54. The van der Waals surface area contributed by atoms with Crippen molar-refractivity contribution in [3.63, 3.8) is 0 Å². The van der Waals surface area contributed by atoms with Crippen molar-refractivity contribution in [2.45, 2.75) is 18.0 Å². The average Bonchev–Trinajstić information content (AvgIpc) is 3.23. The van der Waals surface area contributed by atoms with Crippen molar-refractivity contribution < 1.29 is 21.6 Å². The zero-order valence-electron chi connectivity index (χ0n) is 14.3. The highest BCUT2D eigenvalue weighted by Crippen LogP contribution is 2.46. The number of rotatable bonds is 3. The summed E-state index contributed by atoms with van der Waals surface area (Å²) in [6.45, 7) is 1.53. The second-order valence-electron chi connectivity index (χ2n) is 5.96. The maximum Gasteiger partial charge on any atom is 0.433 e. The Labute approximate surface area is 170 Å². The van der Waals surface area contributed by atoms with Crippen molar-refractivity contribution in [1.82, 2.24) is 14.5 Å². The molecule has 0 aromatic carbocycles. The smallest absolute Gasteiger partial charge is 0.325 e. The number of aryl methyl sites for hydroxylation is 1. The van der Waals surface area contributed by atoms with Gasteiger partial charge in [0.25, 0.3) is 0 Å². The van der Waals surface area contributed by atoms with E-state index < -0.39 is 21.7 Å². The van der Waals surface area contributed by atoms with Gasteiger partial charge >= 0.3 is 6.18 Å². The van der Waals surface area contributed by atoms with E-state index in [2.05, 4.69) is 9.97 Å². The third-order valence-corrected chi connectivity index (χ3v) is 8.84. The zero-order valence-corrected chi connectivity index (χ0v) is 17.5. The van der Waals surface area contributed by atoms with E-state index in [9.17, 15) is 21.6 Å². The number of aromatic nitrogens is 3. The molecule has 4 aromatic heterocycles. The first-order valence-corrected chi connectivity index (χ1v) is 11.5. The molecule has 0 saturated carbocycles. The highest BCUT2D eigenvalue weighted by Gasteiger charge is 2.34. The predicted molar refractivity (Wildman–Crippen MR) is 105 cm³/mol. The Kier molecular flexibility index (Phi) is 4.49. The highest BCUT2D eigenvalue weighted by molar-refractivity contribution is 7.92. The summed E-state index contributed by atoms with van der Waals surface area (Å²) in [6.07, 6.45) is -3.50. The second-order valence-corrected chi connectivity index (χ2v) is 10.9. The van der Waals surface area contributed by atoms with Crippen LogP contribution >= 0.6 is 34.3 Å². The van der Waals surface area contributed by atoms with Crippen LogP contribution in [0.15, 0.2) is 23.2 Å². The van der Waals surface area contributed by atoms with Crippen molar-refractivity contribution in [3.05, 3.63) is 28.4 Å². The number of alkyl halides is 3. The maximum absolute atomic E-state index is 13.0. The third-order valence-electron chi connectivity index (χ3n) is 4.24. The molecule has 0 unspecified atom stereocenters. The lowest BCUT2D eigenvalue weighted by Gasteiger charge is -2.05. The Bertz CT molecular complexity index is 1340. The fraction of sp³-hybridized carbons (Fsp3) is 0.250. The number of hydrogen-bond acceptors (Lipinski definition) is 6. The Morgan fingerprint density at radius 1 is 1.25 bits per heavy atom. The van der Waals surface area contributed by atoms with E-state index in [4.69, 9.17) is 11.6 Å². The van der Waals surface area contributed by atoms with Crippen molar-refractivity contribution >= 4 is 64.5 Å². The van der Waals surface area contributed by atoms with Crippen LogP contribution in [0.1, 0.15) is 12.6 Å². The molecule has 0 saturated heterocycles. The van der Waals surface area contributed by atoms with E-state index in [1.807, 2.05) is 0 Å². The molecule has 4 aromatic rings. The van der Waals surface area contributed by atoms with Crippen molar-refractivity contribution in [3.8, 4) is 10.7 Å². The molecule has 4 rings (SSSR count). The average molecular weight is 466 g/mol. The quantitative estimate of drug-likeness (QED) is 0.407. The molecule has 5 nitrogen and oxygen atoms in total.